The van der Waals surface area contributed by atoms with Gasteiger partial charge in [-0.05, 0) is 275 Å². The SMILES string of the molecule is C.COC(=O)C(C)(C)CCC(C)c1ccc(OC(=O)/C=C/c2ccc(C)cc2)cc1.COC(=O)C(C)(C)CCC(C)c1ccc(OC(=O)/C=C/c2ccc(C)cc2)cc1.COC(=O)C(C)(C)CCC(C)c1ccc(OC(=O)/C=C/c2ccc(C)cc2)cc1.COC(=O)C(C)(C)CCC(C)c1ccc(OC(=O)/C=C/c2ccc(C)cc2)cc1. The molecule has 117 heavy (non-hydrogen) atoms. The van der Waals surface area contributed by atoms with Crippen molar-refractivity contribution in [3.8, 4) is 23.0 Å². The van der Waals surface area contributed by atoms with Gasteiger partial charge in [-0.3, -0.25) is 19.2 Å². The van der Waals surface area contributed by atoms with E-state index in [0.29, 0.717) is 23.0 Å². The average molecular weight is 1590 g/mol. The monoisotopic (exact) mass is 1590 g/mol. The zero-order valence-corrected chi connectivity index (χ0v) is 71.6. The molecule has 0 saturated heterocycles. The number of hydrogen-bond acceptors (Lipinski definition) is 16. The number of benzene rings is 8. The number of aryl methyl sites for hydroxylation is 4. The standard InChI is InChI=1S/4C25H30O4.CH4/c4*1-18-6-8-20(9-7-18)10-15-23(26)29-22-13-11-21(12-14-22)19(2)16-17-25(3,4)24(27)28-5;/h4*6-15,19H,16-17H2,1-5H3;1H4/b4*15-10+;. The molecule has 0 radical (unpaired) electrons. The predicted molar refractivity (Wildman–Crippen MR) is 470 cm³/mol. The van der Waals surface area contributed by atoms with Crippen molar-refractivity contribution in [2.45, 2.75) is 193 Å². The maximum Gasteiger partial charge on any atom is 0.336 e. The Hall–Kier alpha value is -11.5. The number of ether oxygens (including phenoxy) is 8. The van der Waals surface area contributed by atoms with Crippen LogP contribution in [0.1, 0.15) is 232 Å². The normalized spacial score (nSPS) is 12.5. The highest BCUT2D eigenvalue weighted by molar-refractivity contribution is 5.91. The fraction of sp³-hybridized carbons (Fsp3) is 0.366. The second-order valence-electron chi connectivity index (χ2n) is 32.2. The largest absolute Gasteiger partial charge is 0.469 e. The third-order valence-electron chi connectivity index (χ3n) is 20.4. The van der Waals surface area contributed by atoms with E-state index in [2.05, 4.69) is 27.7 Å². The summed E-state index contributed by atoms with van der Waals surface area (Å²) in [6.45, 7) is 31.8. The fourth-order valence-corrected chi connectivity index (χ4v) is 11.9. The Balaban J connectivity index is 0.000000327. The molecule has 0 bridgehead atoms. The summed E-state index contributed by atoms with van der Waals surface area (Å²) >= 11 is 0. The van der Waals surface area contributed by atoms with Crippen LogP contribution in [0.4, 0.5) is 0 Å². The summed E-state index contributed by atoms with van der Waals surface area (Å²) in [6.07, 6.45) is 19.1. The molecular formula is C101H124O16. The van der Waals surface area contributed by atoms with E-state index in [1.165, 1.54) is 75.0 Å². The van der Waals surface area contributed by atoms with Crippen LogP contribution in [0.3, 0.4) is 0 Å². The van der Waals surface area contributed by atoms with Gasteiger partial charge in [-0.15, -0.1) is 0 Å². The Morgan fingerprint density at radius 2 is 0.419 bits per heavy atom. The van der Waals surface area contributed by atoms with Gasteiger partial charge in [0.15, 0.2) is 0 Å². The van der Waals surface area contributed by atoms with E-state index in [1.807, 2.05) is 229 Å². The van der Waals surface area contributed by atoms with Gasteiger partial charge in [-0.2, -0.15) is 0 Å². The lowest BCUT2D eigenvalue weighted by Crippen LogP contribution is -2.25. The van der Waals surface area contributed by atoms with Gasteiger partial charge >= 0.3 is 47.8 Å². The van der Waals surface area contributed by atoms with Gasteiger partial charge in [0, 0.05) is 24.3 Å². The first-order valence-corrected chi connectivity index (χ1v) is 39.4. The van der Waals surface area contributed by atoms with E-state index in [1.54, 1.807) is 72.8 Å². The molecule has 8 aromatic rings. The van der Waals surface area contributed by atoms with E-state index in [4.69, 9.17) is 37.9 Å². The second-order valence-corrected chi connectivity index (χ2v) is 32.2. The van der Waals surface area contributed by atoms with Crippen LogP contribution in [-0.4, -0.2) is 76.2 Å². The Morgan fingerprint density at radius 1 is 0.265 bits per heavy atom. The summed E-state index contributed by atoms with van der Waals surface area (Å²) in [5.41, 5.74) is 11.1. The first kappa shape index (κ1) is 97.8. The quantitative estimate of drug-likeness (QED) is 0.0166. The zero-order chi connectivity index (χ0) is 85.8. The Bertz CT molecular complexity index is 3970. The van der Waals surface area contributed by atoms with Crippen molar-refractivity contribution in [2.24, 2.45) is 21.7 Å². The Labute approximate surface area is 696 Å². The van der Waals surface area contributed by atoms with E-state index in [0.717, 1.165) is 95.9 Å². The summed E-state index contributed by atoms with van der Waals surface area (Å²) in [5.74, 6) is 0.764. The van der Waals surface area contributed by atoms with Crippen LogP contribution >= 0.6 is 0 Å². The van der Waals surface area contributed by atoms with E-state index in [9.17, 15) is 38.4 Å². The van der Waals surface area contributed by atoms with Crippen LogP contribution in [0.2, 0.25) is 0 Å². The van der Waals surface area contributed by atoms with Crippen LogP contribution < -0.4 is 18.9 Å². The van der Waals surface area contributed by atoms with Crippen molar-refractivity contribution < 1.29 is 76.3 Å². The van der Waals surface area contributed by atoms with Crippen molar-refractivity contribution >= 4 is 72.1 Å². The maximum absolute atomic E-state index is 12.0. The molecule has 0 N–H and O–H groups in total. The smallest absolute Gasteiger partial charge is 0.336 e. The molecule has 0 aliphatic rings. The lowest BCUT2D eigenvalue weighted by molar-refractivity contribution is -0.151. The van der Waals surface area contributed by atoms with Crippen LogP contribution in [0.15, 0.2) is 218 Å². The van der Waals surface area contributed by atoms with Crippen molar-refractivity contribution in [1.82, 2.24) is 0 Å². The van der Waals surface area contributed by atoms with Crippen LogP contribution in [0, 0.1) is 49.4 Å². The number of esters is 8. The van der Waals surface area contributed by atoms with Gasteiger partial charge in [0.05, 0.1) is 50.1 Å². The molecular weight excluding hydrogens is 1470 g/mol. The van der Waals surface area contributed by atoms with Gasteiger partial charge in [0.2, 0.25) is 0 Å². The van der Waals surface area contributed by atoms with Crippen molar-refractivity contribution in [1.29, 1.82) is 0 Å². The molecule has 8 rings (SSSR count). The molecule has 0 aliphatic heterocycles. The fourth-order valence-electron chi connectivity index (χ4n) is 11.9. The molecule has 0 heterocycles. The summed E-state index contributed by atoms with van der Waals surface area (Å²) in [6, 6.07) is 61.7. The van der Waals surface area contributed by atoms with Gasteiger partial charge in [0.25, 0.3) is 0 Å². The van der Waals surface area contributed by atoms with Crippen molar-refractivity contribution in [3.05, 3.63) is 285 Å². The molecule has 16 nitrogen and oxygen atoms in total. The van der Waals surface area contributed by atoms with E-state index < -0.39 is 45.5 Å². The van der Waals surface area contributed by atoms with Crippen molar-refractivity contribution in [3.63, 3.8) is 0 Å². The van der Waals surface area contributed by atoms with E-state index in [-0.39, 0.29) is 55.0 Å². The topological polar surface area (TPSA) is 210 Å². The molecule has 16 heteroatoms. The highest BCUT2D eigenvalue weighted by atomic mass is 16.6. The van der Waals surface area contributed by atoms with Crippen molar-refractivity contribution in [2.75, 3.05) is 28.4 Å². The predicted octanol–water partition coefficient (Wildman–Crippen LogP) is 23.4. The molecule has 4 atom stereocenters. The molecule has 0 saturated carbocycles. The van der Waals surface area contributed by atoms with Gasteiger partial charge in [-0.1, -0.05) is 203 Å². The molecule has 0 aromatic heterocycles. The lowest BCUT2D eigenvalue weighted by atomic mass is 9.83. The minimum absolute atomic E-state index is 0. The van der Waals surface area contributed by atoms with Gasteiger partial charge in [0.1, 0.15) is 23.0 Å². The maximum atomic E-state index is 12.0. The summed E-state index contributed by atoms with van der Waals surface area (Å²) in [5, 5.41) is 0. The van der Waals surface area contributed by atoms with Crippen LogP contribution in [0.5, 0.6) is 23.0 Å². The molecule has 8 aromatic carbocycles. The third-order valence-corrected chi connectivity index (χ3v) is 20.4. The third kappa shape index (κ3) is 35.2. The van der Waals surface area contributed by atoms with Gasteiger partial charge < -0.3 is 37.9 Å². The minimum Gasteiger partial charge on any atom is -0.469 e. The Kier molecular flexibility index (Phi) is 40.2. The number of methoxy groups -OCH3 is 4. The summed E-state index contributed by atoms with van der Waals surface area (Å²) < 4.78 is 40.9. The van der Waals surface area contributed by atoms with Crippen LogP contribution in [0.25, 0.3) is 24.3 Å². The Morgan fingerprint density at radius 3 is 0.564 bits per heavy atom. The molecule has 0 spiro atoms. The lowest BCUT2D eigenvalue weighted by Gasteiger charge is -2.23. The summed E-state index contributed by atoms with van der Waals surface area (Å²) in [7, 11) is 5.68. The van der Waals surface area contributed by atoms with Crippen LogP contribution in [-0.2, 0) is 57.3 Å². The number of hydrogen-bond donors (Lipinski definition) is 0. The molecule has 0 aliphatic carbocycles. The number of carbonyl (C=O) groups is 8. The second kappa shape index (κ2) is 48.1. The molecule has 624 valence electrons. The highest BCUT2D eigenvalue weighted by Crippen LogP contribution is 2.36. The zero-order valence-electron chi connectivity index (χ0n) is 71.6. The minimum atomic E-state index is -0.498. The number of carbonyl (C=O) groups excluding carboxylic acids is 8. The molecule has 4 unspecified atom stereocenters. The van der Waals surface area contributed by atoms with E-state index >= 15 is 0 Å². The average Bonchev–Trinajstić information content (AvgIpc) is 0.867. The van der Waals surface area contributed by atoms with Gasteiger partial charge in [-0.25, -0.2) is 19.2 Å². The summed E-state index contributed by atoms with van der Waals surface area (Å²) in [4.78, 5) is 95.3. The first-order valence-electron chi connectivity index (χ1n) is 39.4. The molecule has 0 amide bonds. The first-order chi connectivity index (χ1) is 54.8. The highest BCUT2D eigenvalue weighted by Gasteiger charge is 2.32. The molecule has 0 fully saturated rings. The number of rotatable bonds is 32.